The first-order valence-corrected chi connectivity index (χ1v) is 7.23. The van der Waals surface area contributed by atoms with Crippen molar-refractivity contribution in [3.8, 4) is 0 Å². The third-order valence-corrected chi connectivity index (χ3v) is 4.65. The maximum atomic E-state index is 2.65. The molecule has 2 fully saturated rings. The summed E-state index contributed by atoms with van der Waals surface area (Å²) >= 11 is 0. The minimum absolute atomic E-state index is 1.00. The third kappa shape index (κ3) is 3.23. The molecule has 0 spiro atoms. The van der Waals surface area contributed by atoms with Gasteiger partial charge in [-0.15, -0.1) is 0 Å². The van der Waals surface area contributed by atoms with E-state index in [9.17, 15) is 0 Å². The smallest absolute Gasteiger partial charge is 0.0352 e. The minimum Gasteiger partial charge on any atom is -0.0654 e. The summed E-state index contributed by atoms with van der Waals surface area (Å²) in [6.45, 7) is 2.33. The van der Waals surface area contributed by atoms with Crippen LogP contribution < -0.4 is 0 Å². The van der Waals surface area contributed by atoms with Crippen molar-refractivity contribution >= 4 is 0 Å². The molecular weight excluding hydrogens is 180 g/mol. The van der Waals surface area contributed by atoms with Crippen LogP contribution in [0.4, 0.5) is 0 Å². The van der Waals surface area contributed by atoms with E-state index in [1.807, 2.05) is 0 Å². The summed E-state index contributed by atoms with van der Waals surface area (Å²) in [7, 11) is 0. The predicted octanol–water partition coefficient (Wildman–Crippen LogP) is 4.99. The average Bonchev–Trinajstić information content (AvgIpc) is 2.32. The van der Waals surface area contributed by atoms with Gasteiger partial charge in [0.05, 0.1) is 0 Å². The lowest BCUT2D eigenvalue weighted by Gasteiger charge is -2.35. The molecule has 0 nitrogen and oxygen atoms in total. The summed E-state index contributed by atoms with van der Waals surface area (Å²) in [6.07, 6.45) is 17.5. The second kappa shape index (κ2) is 5.92. The van der Waals surface area contributed by atoms with Crippen molar-refractivity contribution in [3.63, 3.8) is 0 Å². The zero-order valence-corrected chi connectivity index (χ0v) is 10.4. The van der Waals surface area contributed by atoms with Crippen LogP contribution >= 0.6 is 0 Å². The van der Waals surface area contributed by atoms with Crippen molar-refractivity contribution in [1.29, 1.82) is 0 Å². The van der Waals surface area contributed by atoms with Crippen molar-refractivity contribution in [2.24, 2.45) is 17.8 Å². The van der Waals surface area contributed by atoms with Crippen LogP contribution in [-0.2, 0) is 0 Å². The van der Waals surface area contributed by atoms with Gasteiger partial charge in [0.25, 0.3) is 0 Å². The Bertz CT molecular complexity index is 159. The topological polar surface area (TPSA) is 0 Å². The van der Waals surface area contributed by atoms with Crippen molar-refractivity contribution < 1.29 is 0 Å². The molecule has 0 aromatic carbocycles. The van der Waals surface area contributed by atoms with Gasteiger partial charge in [-0.3, -0.25) is 0 Å². The summed E-state index contributed by atoms with van der Waals surface area (Å²) in [5, 5.41) is 0. The van der Waals surface area contributed by atoms with Gasteiger partial charge in [-0.1, -0.05) is 45.4 Å². The van der Waals surface area contributed by atoms with Gasteiger partial charge in [-0.05, 0) is 49.9 Å². The van der Waals surface area contributed by atoms with Crippen molar-refractivity contribution in [2.45, 2.75) is 71.1 Å². The molecule has 0 heteroatoms. The van der Waals surface area contributed by atoms with Crippen LogP contribution in [0.3, 0.4) is 0 Å². The molecule has 0 heterocycles. The second-order valence-corrected chi connectivity index (χ2v) is 5.75. The molecule has 87 valence electrons. The van der Waals surface area contributed by atoms with Gasteiger partial charge in [-0.25, -0.2) is 0 Å². The molecule has 0 saturated heterocycles. The van der Waals surface area contributed by atoms with Gasteiger partial charge in [0.15, 0.2) is 0 Å². The van der Waals surface area contributed by atoms with Crippen molar-refractivity contribution in [1.82, 2.24) is 0 Å². The van der Waals surface area contributed by atoms with E-state index >= 15 is 0 Å². The van der Waals surface area contributed by atoms with Crippen molar-refractivity contribution in [2.75, 3.05) is 0 Å². The lowest BCUT2D eigenvalue weighted by atomic mass is 9.70. The molecule has 0 aromatic rings. The summed E-state index contributed by atoms with van der Waals surface area (Å²) in [6, 6.07) is 0. The van der Waals surface area contributed by atoms with E-state index in [1.165, 1.54) is 64.2 Å². The van der Waals surface area contributed by atoms with E-state index in [0.717, 1.165) is 17.8 Å². The standard InChI is InChI=1S/C15H27/c1-2-6-13-9-11-15(12-10-13)14-7-4-3-5-8-14/h7,13-15H,2-6,8-12H2,1H3/t13-,14?,15-. The molecule has 2 rings (SSSR count). The normalized spacial score (nSPS) is 34.2. The summed E-state index contributed by atoms with van der Waals surface area (Å²) in [5.41, 5.74) is 0. The zero-order chi connectivity index (χ0) is 10.5. The first kappa shape index (κ1) is 11.5. The molecule has 0 aliphatic heterocycles. The van der Waals surface area contributed by atoms with Crippen LogP contribution in [0.1, 0.15) is 71.1 Å². The Labute approximate surface area is 95.8 Å². The van der Waals surface area contributed by atoms with Crippen LogP contribution in [0, 0.1) is 24.2 Å². The molecule has 1 unspecified atom stereocenters. The Morgan fingerprint density at radius 1 is 1.00 bits per heavy atom. The van der Waals surface area contributed by atoms with E-state index in [4.69, 9.17) is 0 Å². The summed E-state index contributed by atoms with van der Waals surface area (Å²) < 4.78 is 0. The van der Waals surface area contributed by atoms with Gasteiger partial charge in [0.2, 0.25) is 0 Å². The van der Waals surface area contributed by atoms with Gasteiger partial charge in [0.1, 0.15) is 0 Å². The molecule has 0 N–H and O–H groups in total. The molecule has 1 radical (unpaired) electrons. The van der Waals surface area contributed by atoms with E-state index in [0.29, 0.717) is 0 Å². The highest BCUT2D eigenvalue weighted by atomic mass is 14.3. The van der Waals surface area contributed by atoms with E-state index < -0.39 is 0 Å². The average molecular weight is 207 g/mol. The monoisotopic (exact) mass is 207 g/mol. The Morgan fingerprint density at radius 3 is 2.40 bits per heavy atom. The fraction of sp³-hybridized carbons (Fsp3) is 0.933. The Balaban J connectivity index is 1.72. The molecule has 0 amide bonds. The number of hydrogen-bond acceptors (Lipinski definition) is 0. The van der Waals surface area contributed by atoms with Gasteiger partial charge in [0, 0.05) is 0 Å². The summed E-state index contributed by atoms with van der Waals surface area (Å²) in [4.78, 5) is 0. The first-order valence-electron chi connectivity index (χ1n) is 7.23. The maximum Gasteiger partial charge on any atom is -0.0352 e. The molecule has 2 saturated carbocycles. The molecule has 15 heavy (non-hydrogen) atoms. The Hall–Kier alpha value is 0. The quantitative estimate of drug-likeness (QED) is 0.612. The maximum absolute atomic E-state index is 2.65. The first-order chi connectivity index (χ1) is 7.40. The zero-order valence-electron chi connectivity index (χ0n) is 10.4. The number of hydrogen-bond donors (Lipinski definition) is 0. The van der Waals surface area contributed by atoms with Crippen LogP contribution in [0.25, 0.3) is 0 Å². The summed E-state index contributed by atoms with van der Waals surface area (Å²) in [5.74, 6) is 3.15. The molecule has 2 aliphatic rings. The fourth-order valence-corrected chi connectivity index (χ4v) is 3.72. The SMILES string of the molecule is CCC[C@H]1CC[C@H](C2[CH]CCCC2)CC1. The predicted molar refractivity (Wildman–Crippen MR) is 66.6 cm³/mol. The van der Waals surface area contributed by atoms with Crippen molar-refractivity contribution in [3.05, 3.63) is 6.42 Å². The molecule has 2 aliphatic carbocycles. The fourth-order valence-electron chi connectivity index (χ4n) is 3.72. The molecular formula is C15H27. The largest absolute Gasteiger partial charge is 0.0654 e. The highest BCUT2D eigenvalue weighted by Gasteiger charge is 2.28. The van der Waals surface area contributed by atoms with E-state index in [1.54, 1.807) is 0 Å². The lowest BCUT2D eigenvalue weighted by molar-refractivity contribution is 0.193. The van der Waals surface area contributed by atoms with Gasteiger partial charge < -0.3 is 0 Å². The van der Waals surface area contributed by atoms with Crippen LogP contribution in [0.5, 0.6) is 0 Å². The number of rotatable bonds is 3. The molecule has 0 aromatic heterocycles. The van der Waals surface area contributed by atoms with Crippen LogP contribution in [-0.4, -0.2) is 0 Å². The third-order valence-electron chi connectivity index (χ3n) is 4.65. The van der Waals surface area contributed by atoms with E-state index in [2.05, 4.69) is 13.3 Å². The van der Waals surface area contributed by atoms with Crippen LogP contribution in [0.15, 0.2) is 0 Å². The Morgan fingerprint density at radius 2 is 1.80 bits per heavy atom. The van der Waals surface area contributed by atoms with E-state index in [-0.39, 0.29) is 0 Å². The van der Waals surface area contributed by atoms with Gasteiger partial charge >= 0.3 is 0 Å². The highest BCUT2D eigenvalue weighted by molar-refractivity contribution is 4.88. The highest BCUT2D eigenvalue weighted by Crippen LogP contribution is 2.40. The molecule has 0 bridgehead atoms. The van der Waals surface area contributed by atoms with Gasteiger partial charge in [-0.2, -0.15) is 0 Å². The molecule has 1 atom stereocenters. The Kier molecular flexibility index (Phi) is 4.53. The lowest BCUT2D eigenvalue weighted by Crippen LogP contribution is -2.23. The minimum atomic E-state index is 1.00. The van der Waals surface area contributed by atoms with Crippen LogP contribution in [0.2, 0.25) is 0 Å². The second-order valence-electron chi connectivity index (χ2n) is 5.75.